The summed E-state index contributed by atoms with van der Waals surface area (Å²) in [5.41, 5.74) is 2.55. The number of thiophene rings is 1. The maximum absolute atomic E-state index is 12.3. The summed E-state index contributed by atoms with van der Waals surface area (Å²) in [5.74, 6) is -0.212. The number of aromatic nitrogens is 3. The third kappa shape index (κ3) is 3.51. The van der Waals surface area contributed by atoms with Crippen LogP contribution in [0.2, 0.25) is 0 Å². The summed E-state index contributed by atoms with van der Waals surface area (Å²) < 4.78 is 1.91. The number of rotatable bonds is 5. The standard InChI is InChI=1S/C17H18N4O2S/c1-11-4-3-6-18-14(11)8-12(2)20-15(22)9-21-10-19-13-5-7-24-16(13)17(21)23/h3-7,10,12H,8-9H2,1-2H3,(H,20,22). The molecular formula is C17H18N4O2S. The van der Waals surface area contributed by atoms with Gasteiger partial charge in [0.1, 0.15) is 11.2 Å². The van der Waals surface area contributed by atoms with Gasteiger partial charge in [0.15, 0.2) is 0 Å². The molecule has 0 aliphatic carbocycles. The minimum absolute atomic E-state index is 0.0365. The van der Waals surface area contributed by atoms with Gasteiger partial charge in [0.2, 0.25) is 5.91 Å². The van der Waals surface area contributed by atoms with Crippen LogP contribution in [0, 0.1) is 6.92 Å². The summed E-state index contributed by atoms with van der Waals surface area (Å²) in [6.45, 7) is 3.89. The Balaban J connectivity index is 1.65. The van der Waals surface area contributed by atoms with Gasteiger partial charge >= 0.3 is 0 Å². The third-order valence-corrected chi connectivity index (χ3v) is 4.67. The fourth-order valence-electron chi connectivity index (χ4n) is 2.54. The zero-order valence-electron chi connectivity index (χ0n) is 13.5. The van der Waals surface area contributed by atoms with E-state index in [-0.39, 0.29) is 24.1 Å². The van der Waals surface area contributed by atoms with Crippen molar-refractivity contribution in [2.24, 2.45) is 0 Å². The Morgan fingerprint density at radius 1 is 1.38 bits per heavy atom. The Kier molecular flexibility index (Phi) is 4.71. The van der Waals surface area contributed by atoms with E-state index in [2.05, 4.69) is 15.3 Å². The topological polar surface area (TPSA) is 76.9 Å². The van der Waals surface area contributed by atoms with E-state index < -0.39 is 0 Å². The molecule has 0 saturated heterocycles. The van der Waals surface area contributed by atoms with Gasteiger partial charge in [-0.3, -0.25) is 19.1 Å². The number of hydrogen-bond donors (Lipinski definition) is 1. The van der Waals surface area contributed by atoms with Crippen molar-refractivity contribution in [1.82, 2.24) is 19.9 Å². The van der Waals surface area contributed by atoms with Crippen molar-refractivity contribution in [3.8, 4) is 0 Å². The molecule has 1 N–H and O–H groups in total. The molecule has 0 radical (unpaired) electrons. The van der Waals surface area contributed by atoms with Crippen molar-refractivity contribution >= 4 is 27.5 Å². The van der Waals surface area contributed by atoms with Gasteiger partial charge in [-0.2, -0.15) is 0 Å². The normalized spacial score (nSPS) is 12.2. The van der Waals surface area contributed by atoms with Gasteiger partial charge in [0.05, 0.1) is 11.8 Å². The average Bonchev–Trinajstić information content (AvgIpc) is 3.01. The lowest BCUT2D eigenvalue weighted by Crippen LogP contribution is -2.38. The number of nitrogens with one attached hydrogen (secondary N) is 1. The number of pyridine rings is 1. The van der Waals surface area contributed by atoms with Crippen LogP contribution in [0.1, 0.15) is 18.2 Å². The second kappa shape index (κ2) is 6.92. The maximum Gasteiger partial charge on any atom is 0.271 e. The Labute approximate surface area is 143 Å². The van der Waals surface area contributed by atoms with Crippen LogP contribution in [-0.4, -0.2) is 26.5 Å². The molecule has 24 heavy (non-hydrogen) atoms. The predicted molar refractivity (Wildman–Crippen MR) is 94.2 cm³/mol. The molecule has 6 nitrogen and oxygen atoms in total. The van der Waals surface area contributed by atoms with Crippen LogP contribution >= 0.6 is 11.3 Å². The van der Waals surface area contributed by atoms with Gasteiger partial charge in [-0.25, -0.2) is 4.98 Å². The molecule has 0 bridgehead atoms. The third-order valence-electron chi connectivity index (χ3n) is 3.77. The number of aryl methyl sites for hydroxylation is 1. The highest BCUT2D eigenvalue weighted by Gasteiger charge is 2.13. The van der Waals surface area contributed by atoms with Gasteiger partial charge in [-0.15, -0.1) is 11.3 Å². The number of carbonyl (C=O) groups is 1. The molecule has 124 valence electrons. The van der Waals surface area contributed by atoms with Crippen LogP contribution in [0.3, 0.4) is 0 Å². The van der Waals surface area contributed by atoms with Gasteiger partial charge in [-0.05, 0) is 36.9 Å². The summed E-state index contributed by atoms with van der Waals surface area (Å²) in [5, 5.41) is 4.73. The molecule has 0 aromatic carbocycles. The van der Waals surface area contributed by atoms with Crippen LogP contribution in [0.25, 0.3) is 10.2 Å². The first-order valence-electron chi connectivity index (χ1n) is 7.67. The summed E-state index contributed by atoms with van der Waals surface area (Å²) in [6.07, 6.45) is 3.82. The van der Waals surface area contributed by atoms with Crippen molar-refractivity contribution in [3.63, 3.8) is 0 Å². The van der Waals surface area contributed by atoms with Gasteiger partial charge in [0, 0.05) is 24.4 Å². The van der Waals surface area contributed by atoms with Crippen LogP contribution in [-0.2, 0) is 17.8 Å². The predicted octanol–water partition coefficient (Wildman–Crippen LogP) is 1.91. The summed E-state index contributed by atoms with van der Waals surface area (Å²) in [6, 6.07) is 5.61. The van der Waals surface area contributed by atoms with Gasteiger partial charge < -0.3 is 5.32 Å². The highest BCUT2D eigenvalue weighted by Crippen LogP contribution is 2.13. The van der Waals surface area contributed by atoms with Gasteiger partial charge in [0.25, 0.3) is 5.56 Å². The molecule has 3 heterocycles. The molecule has 3 aromatic heterocycles. The molecule has 0 aliphatic rings. The molecule has 7 heteroatoms. The molecule has 0 saturated carbocycles. The molecule has 0 fully saturated rings. The van der Waals surface area contributed by atoms with Crippen LogP contribution in [0.5, 0.6) is 0 Å². The molecule has 0 aliphatic heterocycles. The maximum atomic E-state index is 12.3. The van der Waals surface area contributed by atoms with Crippen molar-refractivity contribution in [2.75, 3.05) is 0 Å². The van der Waals surface area contributed by atoms with E-state index in [0.717, 1.165) is 11.3 Å². The van der Waals surface area contributed by atoms with Crippen molar-refractivity contribution in [3.05, 3.63) is 57.7 Å². The summed E-state index contributed by atoms with van der Waals surface area (Å²) in [4.78, 5) is 33.0. The SMILES string of the molecule is Cc1cccnc1CC(C)NC(=O)Cn1cnc2ccsc2c1=O. The zero-order chi connectivity index (χ0) is 17.1. The van der Waals surface area contributed by atoms with E-state index in [4.69, 9.17) is 0 Å². The van der Waals surface area contributed by atoms with E-state index in [1.807, 2.05) is 31.4 Å². The first kappa shape index (κ1) is 16.3. The Bertz CT molecular complexity index is 931. The fraction of sp³-hybridized carbons (Fsp3) is 0.294. The molecule has 3 rings (SSSR count). The quantitative estimate of drug-likeness (QED) is 0.768. The second-order valence-electron chi connectivity index (χ2n) is 5.75. The Hall–Kier alpha value is -2.54. The highest BCUT2D eigenvalue weighted by atomic mass is 32.1. The van der Waals surface area contributed by atoms with Gasteiger partial charge in [-0.1, -0.05) is 6.07 Å². The van der Waals surface area contributed by atoms with E-state index in [1.165, 1.54) is 22.2 Å². The van der Waals surface area contributed by atoms with Crippen molar-refractivity contribution in [1.29, 1.82) is 0 Å². The first-order valence-corrected chi connectivity index (χ1v) is 8.55. The number of carbonyl (C=O) groups excluding carboxylic acids is 1. The van der Waals surface area contributed by atoms with E-state index in [1.54, 1.807) is 12.3 Å². The molecule has 1 atom stereocenters. The molecular weight excluding hydrogens is 324 g/mol. The Morgan fingerprint density at radius 2 is 2.21 bits per heavy atom. The van der Waals surface area contributed by atoms with E-state index in [9.17, 15) is 9.59 Å². The number of fused-ring (bicyclic) bond motifs is 1. The fourth-order valence-corrected chi connectivity index (χ4v) is 3.33. The molecule has 1 amide bonds. The van der Waals surface area contributed by atoms with E-state index >= 15 is 0 Å². The summed E-state index contributed by atoms with van der Waals surface area (Å²) >= 11 is 1.34. The number of nitrogens with zero attached hydrogens (tertiary/aromatic N) is 3. The first-order chi connectivity index (χ1) is 11.5. The van der Waals surface area contributed by atoms with Crippen molar-refractivity contribution < 1.29 is 4.79 Å². The lowest BCUT2D eigenvalue weighted by molar-refractivity contribution is -0.122. The minimum Gasteiger partial charge on any atom is -0.352 e. The lowest BCUT2D eigenvalue weighted by Gasteiger charge is -2.15. The summed E-state index contributed by atoms with van der Waals surface area (Å²) in [7, 11) is 0. The largest absolute Gasteiger partial charge is 0.352 e. The highest BCUT2D eigenvalue weighted by molar-refractivity contribution is 7.17. The smallest absolute Gasteiger partial charge is 0.271 e. The van der Waals surface area contributed by atoms with Crippen LogP contribution < -0.4 is 10.9 Å². The molecule has 0 spiro atoms. The molecule has 3 aromatic rings. The number of hydrogen-bond acceptors (Lipinski definition) is 5. The Morgan fingerprint density at radius 3 is 3.00 bits per heavy atom. The average molecular weight is 342 g/mol. The lowest BCUT2D eigenvalue weighted by atomic mass is 10.1. The number of amides is 1. The second-order valence-corrected chi connectivity index (χ2v) is 6.67. The van der Waals surface area contributed by atoms with Crippen molar-refractivity contribution in [2.45, 2.75) is 32.9 Å². The van der Waals surface area contributed by atoms with Crippen LogP contribution in [0.4, 0.5) is 0 Å². The van der Waals surface area contributed by atoms with Crippen LogP contribution in [0.15, 0.2) is 40.9 Å². The minimum atomic E-state index is -0.212. The van der Waals surface area contributed by atoms with E-state index in [0.29, 0.717) is 16.6 Å². The molecule has 1 unspecified atom stereocenters. The zero-order valence-corrected chi connectivity index (χ0v) is 14.3. The monoisotopic (exact) mass is 342 g/mol.